The van der Waals surface area contributed by atoms with Crippen LogP contribution in [0.15, 0.2) is 18.2 Å². The molecule has 0 amide bonds. The second-order valence-corrected chi connectivity index (χ2v) is 5.36. The molecule has 1 aliphatic carbocycles. The summed E-state index contributed by atoms with van der Waals surface area (Å²) in [7, 11) is 0. The van der Waals surface area contributed by atoms with E-state index in [0.717, 1.165) is 12.0 Å². The van der Waals surface area contributed by atoms with E-state index < -0.39 is 5.60 Å². The Labute approximate surface area is 104 Å². The molecule has 0 saturated heterocycles. The molecular weight excluding hydrogens is 210 g/mol. The largest absolute Gasteiger partial charge is 0.384 e. The number of aryl methyl sites for hydroxylation is 2. The molecule has 1 saturated carbocycles. The van der Waals surface area contributed by atoms with Crippen LogP contribution in [0.5, 0.6) is 0 Å². The van der Waals surface area contributed by atoms with Gasteiger partial charge in [-0.25, -0.2) is 0 Å². The van der Waals surface area contributed by atoms with Crippen LogP contribution in [0, 0.1) is 13.8 Å². The highest BCUT2D eigenvalue weighted by Crippen LogP contribution is 2.29. The van der Waals surface area contributed by atoms with Gasteiger partial charge in [0.25, 0.3) is 0 Å². The van der Waals surface area contributed by atoms with Crippen molar-refractivity contribution in [2.45, 2.75) is 51.7 Å². The van der Waals surface area contributed by atoms with Crippen LogP contribution in [0.3, 0.4) is 0 Å². The van der Waals surface area contributed by atoms with Crippen LogP contribution in [0.25, 0.3) is 0 Å². The quantitative estimate of drug-likeness (QED) is 0.819. The van der Waals surface area contributed by atoms with Crippen LogP contribution in [0.4, 0.5) is 0 Å². The third-order valence-corrected chi connectivity index (χ3v) is 3.74. The first-order chi connectivity index (χ1) is 8.05. The lowest BCUT2D eigenvalue weighted by Crippen LogP contribution is -2.39. The monoisotopic (exact) mass is 233 g/mol. The van der Waals surface area contributed by atoms with Crippen LogP contribution in [0.1, 0.15) is 42.9 Å². The summed E-state index contributed by atoms with van der Waals surface area (Å²) in [5, 5.41) is 14.3. The third-order valence-electron chi connectivity index (χ3n) is 3.74. The predicted molar refractivity (Wildman–Crippen MR) is 71.1 cm³/mol. The van der Waals surface area contributed by atoms with Crippen molar-refractivity contribution < 1.29 is 5.11 Å². The van der Waals surface area contributed by atoms with Gasteiger partial charge < -0.3 is 10.4 Å². The fraction of sp³-hybridized carbons (Fsp3) is 0.600. The molecule has 1 atom stereocenters. The minimum absolute atomic E-state index is 0.637. The molecule has 1 aromatic carbocycles. The number of rotatable bonds is 5. The van der Waals surface area contributed by atoms with E-state index in [4.69, 9.17) is 0 Å². The lowest BCUT2D eigenvalue weighted by atomic mass is 9.87. The first kappa shape index (κ1) is 12.6. The van der Waals surface area contributed by atoms with E-state index in [-0.39, 0.29) is 0 Å². The van der Waals surface area contributed by atoms with Crippen molar-refractivity contribution in [3.05, 3.63) is 34.9 Å². The lowest BCUT2D eigenvalue weighted by Gasteiger charge is -2.30. The van der Waals surface area contributed by atoms with Gasteiger partial charge in [-0.15, -0.1) is 0 Å². The Morgan fingerprint density at radius 1 is 1.35 bits per heavy atom. The number of hydrogen-bond acceptors (Lipinski definition) is 2. The molecule has 2 nitrogen and oxygen atoms in total. The molecule has 0 bridgehead atoms. The van der Waals surface area contributed by atoms with Crippen LogP contribution in [-0.2, 0) is 5.60 Å². The van der Waals surface area contributed by atoms with Crippen molar-refractivity contribution in [1.82, 2.24) is 5.32 Å². The Kier molecular flexibility index (Phi) is 3.55. The van der Waals surface area contributed by atoms with E-state index in [2.05, 4.69) is 44.3 Å². The molecule has 1 aromatic rings. The van der Waals surface area contributed by atoms with Crippen LogP contribution in [-0.4, -0.2) is 17.7 Å². The van der Waals surface area contributed by atoms with E-state index in [0.29, 0.717) is 12.6 Å². The zero-order chi connectivity index (χ0) is 12.5. The number of aliphatic hydroxyl groups is 1. The summed E-state index contributed by atoms with van der Waals surface area (Å²) in [5.41, 5.74) is 2.74. The van der Waals surface area contributed by atoms with E-state index >= 15 is 0 Å². The van der Waals surface area contributed by atoms with Gasteiger partial charge in [0.2, 0.25) is 0 Å². The van der Waals surface area contributed by atoms with Crippen LogP contribution < -0.4 is 5.32 Å². The molecule has 2 rings (SSSR count). The summed E-state index contributed by atoms with van der Waals surface area (Å²) in [6.07, 6.45) is 3.26. The van der Waals surface area contributed by atoms with Gasteiger partial charge in [-0.05, 0) is 44.2 Å². The van der Waals surface area contributed by atoms with Gasteiger partial charge in [-0.1, -0.05) is 30.7 Å². The molecule has 2 N–H and O–H groups in total. The summed E-state index contributed by atoms with van der Waals surface area (Å²) in [4.78, 5) is 0. The van der Waals surface area contributed by atoms with Gasteiger partial charge in [-0.3, -0.25) is 0 Å². The van der Waals surface area contributed by atoms with Gasteiger partial charge in [0, 0.05) is 12.6 Å². The Hall–Kier alpha value is -0.860. The number of hydrogen-bond donors (Lipinski definition) is 2. The molecular formula is C15H23NO. The standard InChI is InChI=1S/C15H23NO/c1-4-15(17,10-16-13-7-8-13)14-9-11(2)5-6-12(14)3/h5-6,9,13,16-17H,4,7-8,10H2,1-3H3. The Morgan fingerprint density at radius 2 is 2.06 bits per heavy atom. The van der Waals surface area contributed by atoms with E-state index in [1.807, 2.05) is 0 Å². The first-order valence-electron chi connectivity index (χ1n) is 6.58. The van der Waals surface area contributed by atoms with Crippen molar-refractivity contribution in [2.24, 2.45) is 0 Å². The van der Waals surface area contributed by atoms with Crippen LogP contribution in [0.2, 0.25) is 0 Å². The Bertz CT molecular complexity index is 398. The maximum atomic E-state index is 10.8. The fourth-order valence-corrected chi connectivity index (χ4v) is 2.25. The van der Waals surface area contributed by atoms with E-state index in [1.165, 1.54) is 24.0 Å². The average molecular weight is 233 g/mol. The predicted octanol–water partition coefficient (Wildman–Crippen LogP) is 2.65. The topological polar surface area (TPSA) is 32.3 Å². The van der Waals surface area contributed by atoms with Crippen molar-refractivity contribution in [3.8, 4) is 0 Å². The third kappa shape index (κ3) is 2.88. The Balaban J connectivity index is 2.21. The fourth-order valence-electron chi connectivity index (χ4n) is 2.25. The summed E-state index contributed by atoms with van der Waals surface area (Å²) in [6, 6.07) is 6.96. The zero-order valence-electron chi connectivity index (χ0n) is 11.1. The van der Waals surface area contributed by atoms with Crippen molar-refractivity contribution in [1.29, 1.82) is 0 Å². The molecule has 17 heavy (non-hydrogen) atoms. The molecule has 94 valence electrons. The second-order valence-electron chi connectivity index (χ2n) is 5.36. The SMILES string of the molecule is CCC(O)(CNC1CC1)c1cc(C)ccc1C. The van der Waals surface area contributed by atoms with E-state index in [1.54, 1.807) is 0 Å². The van der Waals surface area contributed by atoms with Crippen molar-refractivity contribution in [2.75, 3.05) is 6.54 Å². The van der Waals surface area contributed by atoms with Gasteiger partial charge in [0.1, 0.15) is 5.60 Å². The van der Waals surface area contributed by atoms with E-state index in [9.17, 15) is 5.11 Å². The second kappa shape index (κ2) is 4.79. The van der Waals surface area contributed by atoms with Gasteiger partial charge >= 0.3 is 0 Å². The summed E-state index contributed by atoms with van der Waals surface area (Å²) in [6.45, 7) is 6.87. The van der Waals surface area contributed by atoms with Crippen LogP contribution >= 0.6 is 0 Å². The number of nitrogens with one attached hydrogen (secondary N) is 1. The molecule has 0 spiro atoms. The molecule has 0 radical (unpaired) electrons. The highest BCUT2D eigenvalue weighted by atomic mass is 16.3. The molecule has 0 aliphatic heterocycles. The zero-order valence-corrected chi connectivity index (χ0v) is 11.1. The Morgan fingerprint density at radius 3 is 2.65 bits per heavy atom. The molecule has 2 heteroatoms. The number of benzene rings is 1. The summed E-state index contributed by atoms with van der Waals surface area (Å²) in [5.74, 6) is 0. The summed E-state index contributed by atoms with van der Waals surface area (Å²) < 4.78 is 0. The minimum Gasteiger partial charge on any atom is -0.384 e. The lowest BCUT2D eigenvalue weighted by molar-refractivity contribution is 0.0316. The van der Waals surface area contributed by atoms with Gasteiger partial charge in [0.05, 0.1) is 0 Å². The maximum absolute atomic E-state index is 10.8. The van der Waals surface area contributed by atoms with Gasteiger partial charge in [0.15, 0.2) is 0 Å². The minimum atomic E-state index is -0.724. The molecule has 1 aliphatic rings. The molecule has 0 heterocycles. The first-order valence-corrected chi connectivity index (χ1v) is 6.58. The average Bonchev–Trinajstić information content (AvgIpc) is 3.13. The molecule has 0 aromatic heterocycles. The highest BCUT2D eigenvalue weighted by molar-refractivity contribution is 5.35. The van der Waals surface area contributed by atoms with Crippen molar-refractivity contribution in [3.63, 3.8) is 0 Å². The molecule has 1 fully saturated rings. The normalized spacial score (nSPS) is 19.1. The maximum Gasteiger partial charge on any atom is 0.102 e. The smallest absolute Gasteiger partial charge is 0.102 e. The summed E-state index contributed by atoms with van der Waals surface area (Å²) >= 11 is 0. The van der Waals surface area contributed by atoms with Gasteiger partial charge in [-0.2, -0.15) is 0 Å². The highest BCUT2D eigenvalue weighted by Gasteiger charge is 2.31. The van der Waals surface area contributed by atoms with Crippen molar-refractivity contribution >= 4 is 0 Å². The molecule has 1 unspecified atom stereocenters.